The van der Waals surface area contributed by atoms with E-state index in [0.29, 0.717) is 25.2 Å². The lowest BCUT2D eigenvalue weighted by Gasteiger charge is -2.21. The van der Waals surface area contributed by atoms with Crippen molar-refractivity contribution in [2.75, 3.05) is 12.9 Å². The Bertz CT molecular complexity index is 1170. The maximum absolute atomic E-state index is 14.3. The van der Waals surface area contributed by atoms with Crippen LogP contribution in [0.25, 0.3) is 10.9 Å². The van der Waals surface area contributed by atoms with E-state index in [1.807, 2.05) is 0 Å². The lowest BCUT2D eigenvalue weighted by atomic mass is 10.1. The zero-order valence-corrected chi connectivity index (χ0v) is 16.0. The zero-order valence-electron chi connectivity index (χ0n) is 15.2. The molecular formula is C17H15F4NO6S. The van der Waals surface area contributed by atoms with E-state index in [-0.39, 0.29) is 6.61 Å². The SMILES string of the molecule is CCOC(=O)c1c(S(C)(=O)=O)n(C2CC2)c2c(OC(F)F)c(F)c(F)cc2c1=O. The van der Waals surface area contributed by atoms with Gasteiger partial charge >= 0.3 is 12.6 Å². The summed E-state index contributed by atoms with van der Waals surface area (Å²) in [7, 11) is -4.31. The highest BCUT2D eigenvalue weighted by atomic mass is 32.2. The smallest absolute Gasteiger partial charge is 0.387 e. The van der Waals surface area contributed by atoms with Crippen LogP contribution in [-0.4, -0.2) is 38.4 Å². The van der Waals surface area contributed by atoms with Crippen molar-refractivity contribution in [3.8, 4) is 5.75 Å². The first-order chi connectivity index (χ1) is 13.5. The highest BCUT2D eigenvalue weighted by molar-refractivity contribution is 7.90. The molecule has 0 radical (unpaired) electrons. The van der Waals surface area contributed by atoms with E-state index in [1.54, 1.807) is 0 Å². The average Bonchev–Trinajstić information content (AvgIpc) is 3.43. The van der Waals surface area contributed by atoms with E-state index < -0.39 is 72.8 Å². The number of carbonyl (C=O) groups is 1. The Hall–Kier alpha value is -2.63. The molecule has 12 heteroatoms. The van der Waals surface area contributed by atoms with E-state index in [0.717, 1.165) is 4.57 Å². The summed E-state index contributed by atoms with van der Waals surface area (Å²) < 4.78 is 88.7. The third kappa shape index (κ3) is 3.68. The third-order valence-corrected chi connectivity index (χ3v) is 5.35. The van der Waals surface area contributed by atoms with Crippen molar-refractivity contribution >= 4 is 26.7 Å². The number of rotatable bonds is 6. The van der Waals surface area contributed by atoms with E-state index in [1.165, 1.54) is 6.92 Å². The summed E-state index contributed by atoms with van der Waals surface area (Å²) in [5, 5.41) is -1.50. The molecule has 2 aromatic rings. The molecule has 0 aliphatic heterocycles. The van der Waals surface area contributed by atoms with Gasteiger partial charge in [-0.1, -0.05) is 0 Å². The van der Waals surface area contributed by atoms with Crippen LogP contribution in [0.4, 0.5) is 17.6 Å². The number of halogens is 4. The summed E-state index contributed by atoms with van der Waals surface area (Å²) in [6.45, 7) is -2.36. The van der Waals surface area contributed by atoms with Crippen LogP contribution in [0.3, 0.4) is 0 Å². The minimum atomic E-state index is -4.31. The molecule has 0 unspecified atom stereocenters. The van der Waals surface area contributed by atoms with Crippen LogP contribution in [0.1, 0.15) is 36.2 Å². The number of ether oxygens (including phenoxy) is 2. The van der Waals surface area contributed by atoms with Crippen LogP contribution in [0.5, 0.6) is 5.75 Å². The predicted octanol–water partition coefficient (Wildman–Crippen LogP) is 2.80. The van der Waals surface area contributed by atoms with Crippen LogP contribution in [-0.2, 0) is 14.6 Å². The van der Waals surface area contributed by atoms with Gasteiger partial charge in [0.2, 0.25) is 11.2 Å². The molecule has 0 bridgehead atoms. The van der Waals surface area contributed by atoms with E-state index in [2.05, 4.69) is 4.74 Å². The second-order valence-electron chi connectivity index (χ2n) is 6.38. The minimum Gasteiger partial charge on any atom is -0.462 e. The molecule has 1 aromatic heterocycles. The van der Waals surface area contributed by atoms with Crippen molar-refractivity contribution < 1.29 is 40.2 Å². The fourth-order valence-corrected chi connectivity index (χ4v) is 4.23. The standard InChI is InChI=1S/C17H15F4NO6S/c1-3-27-16(24)10-13(23)8-6-9(18)11(19)14(28-17(20)21)12(8)22(7-4-5-7)15(10)29(2,25)26/h6-7,17H,3-5H2,1-2H3. The molecule has 1 aliphatic rings. The average molecular weight is 437 g/mol. The molecule has 1 aliphatic carbocycles. The molecule has 7 nitrogen and oxygen atoms in total. The van der Waals surface area contributed by atoms with Crippen LogP contribution in [0.15, 0.2) is 15.9 Å². The van der Waals surface area contributed by atoms with E-state index >= 15 is 0 Å². The summed E-state index contributed by atoms with van der Waals surface area (Å²) >= 11 is 0. The van der Waals surface area contributed by atoms with Gasteiger partial charge in [0.25, 0.3) is 0 Å². The second-order valence-corrected chi connectivity index (χ2v) is 8.31. The van der Waals surface area contributed by atoms with Crippen molar-refractivity contribution in [1.29, 1.82) is 0 Å². The first-order valence-corrected chi connectivity index (χ1v) is 10.3. The van der Waals surface area contributed by atoms with Gasteiger partial charge in [0.1, 0.15) is 5.56 Å². The number of alkyl halides is 2. The van der Waals surface area contributed by atoms with Gasteiger partial charge in [0.15, 0.2) is 26.4 Å². The number of hydrogen-bond acceptors (Lipinski definition) is 6. The van der Waals surface area contributed by atoms with Crippen molar-refractivity contribution in [2.45, 2.75) is 37.4 Å². The van der Waals surface area contributed by atoms with Gasteiger partial charge in [0.05, 0.1) is 17.5 Å². The first kappa shape index (κ1) is 21.1. The predicted molar refractivity (Wildman–Crippen MR) is 92.1 cm³/mol. The number of nitrogens with zero attached hydrogens (tertiary/aromatic N) is 1. The maximum atomic E-state index is 14.3. The fraction of sp³-hybridized carbons (Fsp3) is 0.412. The molecule has 1 fully saturated rings. The Morgan fingerprint density at radius 2 is 1.93 bits per heavy atom. The molecule has 1 heterocycles. The lowest BCUT2D eigenvalue weighted by molar-refractivity contribution is -0.0516. The summed E-state index contributed by atoms with van der Waals surface area (Å²) in [4.78, 5) is 25.3. The number of hydrogen-bond donors (Lipinski definition) is 0. The molecular weight excluding hydrogens is 422 g/mol. The van der Waals surface area contributed by atoms with Gasteiger partial charge in [-0.15, -0.1) is 0 Å². The van der Waals surface area contributed by atoms with Gasteiger partial charge in [-0.25, -0.2) is 17.6 Å². The van der Waals surface area contributed by atoms with Crippen molar-refractivity contribution in [2.24, 2.45) is 0 Å². The Morgan fingerprint density at radius 3 is 2.41 bits per heavy atom. The number of benzene rings is 1. The monoisotopic (exact) mass is 437 g/mol. The highest BCUT2D eigenvalue weighted by Gasteiger charge is 2.38. The molecule has 0 N–H and O–H groups in total. The summed E-state index contributed by atoms with van der Waals surface area (Å²) in [6.07, 6.45) is 1.41. The normalized spacial score (nSPS) is 14.4. The Morgan fingerprint density at radius 1 is 1.31 bits per heavy atom. The van der Waals surface area contributed by atoms with Gasteiger partial charge < -0.3 is 14.0 Å². The maximum Gasteiger partial charge on any atom is 0.387 e. The largest absolute Gasteiger partial charge is 0.462 e. The molecule has 29 heavy (non-hydrogen) atoms. The molecule has 1 aromatic carbocycles. The van der Waals surface area contributed by atoms with Crippen molar-refractivity contribution in [3.63, 3.8) is 0 Å². The fourth-order valence-electron chi connectivity index (χ4n) is 3.08. The van der Waals surface area contributed by atoms with Gasteiger partial charge in [-0.3, -0.25) is 4.79 Å². The Balaban J connectivity index is 2.62. The van der Waals surface area contributed by atoms with Crippen LogP contribution < -0.4 is 10.2 Å². The number of sulfone groups is 1. The number of aromatic nitrogens is 1. The molecule has 3 rings (SSSR count). The minimum absolute atomic E-state index is 0.194. The van der Waals surface area contributed by atoms with Crippen molar-refractivity contribution in [3.05, 3.63) is 33.5 Å². The lowest BCUT2D eigenvalue weighted by Crippen LogP contribution is -2.28. The van der Waals surface area contributed by atoms with Crippen LogP contribution in [0.2, 0.25) is 0 Å². The molecule has 158 valence electrons. The quantitative estimate of drug-likeness (QED) is 0.510. The first-order valence-electron chi connectivity index (χ1n) is 8.41. The van der Waals surface area contributed by atoms with Gasteiger partial charge in [0, 0.05) is 12.3 Å². The topological polar surface area (TPSA) is 91.7 Å². The number of esters is 1. The van der Waals surface area contributed by atoms with Gasteiger partial charge in [-0.2, -0.15) is 13.2 Å². The zero-order chi connectivity index (χ0) is 21.7. The molecule has 1 saturated carbocycles. The number of pyridine rings is 1. The molecule has 0 amide bonds. The number of fused-ring (bicyclic) bond motifs is 1. The summed E-state index contributed by atoms with van der Waals surface area (Å²) in [5.74, 6) is -6.07. The molecule has 0 spiro atoms. The summed E-state index contributed by atoms with van der Waals surface area (Å²) in [5.41, 5.74) is -2.86. The third-order valence-electron chi connectivity index (χ3n) is 4.25. The summed E-state index contributed by atoms with van der Waals surface area (Å²) in [6, 6.07) is -0.236. The molecule has 0 atom stereocenters. The highest BCUT2D eigenvalue weighted by Crippen LogP contribution is 2.43. The van der Waals surface area contributed by atoms with E-state index in [4.69, 9.17) is 4.74 Å². The van der Waals surface area contributed by atoms with Crippen LogP contribution >= 0.6 is 0 Å². The van der Waals surface area contributed by atoms with E-state index in [9.17, 15) is 35.6 Å². The Labute approximate surface area is 161 Å². The molecule has 0 saturated heterocycles. The Kier molecular flexibility index (Phi) is 5.32. The van der Waals surface area contributed by atoms with Crippen LogP contribution in [0, 0.1) is 11.6 Å². The van der Waals surface area contributed by atoms with Crippen molar-refractivity contribution in [1.82, 2.24) is 4.57 Å². The number of carbonyl (C=O) groups excluding carboxylic acids is 1. The van der Waals surface area contributed by atoms with Gasteiger partial charge in [-0.05, 0) is 25.8 Å². The second kappa shape index (κ2) is 7.32.